The first kappa shape index (κ1) is 10.2. The maximum absolute atomic E-state index is 11.6. The number of phenolic OH excluding ortho intramolecular Hbond substituents is 1. The summed E-state index contributed by atoms with van der Waals surface area (Å²) in [6.07, 6.45) is 1.79. The Hall–Kier alpha value is -2.30. The Morgan fingerprint density at radius 1 is 1.38 bits per heavy atom. The highest BCUT2D eigenvalue weighted by Gasteiger charge is 2.07. The number of hydrogen-bond donors (Lipinski definition) is 3. The molecule has 3 N–H and O–H groups in total. The third kappa shape index (κ3) is 2.38. The van der Waals surface area contributed by atoms with E-state index in [2.05, 4.69) is 15.5 Å². The number of nitrogens with one attached hydrogen (secondary N) is 2. The van der Waals surface area contributed by atoms with Crippen LogP contribution in [0.4, 0.5) is 5.69 Å². The fraction of sp³-hybridized carbons (Fsp3) is 0.0909. The number of carbonyl (C=O) groups excluding carboxylic acids is 1. The second-order valence-electron chi connectivity index (χ2n) is 3.32. The Morgan fingerprint density at radius 3 is 2.88 bits per heavy atom. The van der Waals surface area contributed by atoms with Crippen molar-refractivity contribution >= 4 is 11.6 Å². The molecule has 0 saturated carbocycles. The van der Waals surface area contributed by atoms with Crippen LogP contribution in [0.3, 0.4) is 0 Å². The Bertz CT molecular complexity index is 480. The molecule has 2 rings (SSSR count). The largest absolute Gasteiger partial charge is 0.506 e. The molecule has 0 aliphatic rings. The van der Waals surface area contributed by atoms with Crippen LogP contribution >= 0.6 is 0 Å². The molecule has 0 saturated heterocycles. The summed E-state index contributed by atoms with van der Waals surface area (Å²) >= 11 is 0. The second kappa shape index (κ2) is 4.48. The molecular weight excluding hydrogens is 206 g/mol. The van der Waals surface area contributed by atoms with E-state index in [1.165, 1.54) is 6.07 Å². The summed E-state index contributed by atoms with van der Waals surface area (Å²) in [5.41, 5.74) is 1.14. The molecule has 1 aromatic heterocycles. The number of aromatic nitrogens is 2. The molecule has 82 valence electrons. The van der Waals surface area contributed by atoms with Gasteiger partial charge in [0, 0.05) is 11.9 Å². The van der Waals surface area contributed by atoms with E-state index < -0.39 is 0 Å². The van der Waals surface area contributed by atoms with Crippen LogP contribution in [0.25, 0.3) is 0 Å². The Kier molecular flexibility index (Phi) is 2.86. The fourth-order valence-electron chi connectivity index (χ4n) is 1.33. The average Bonchev–Trinajstić information content (AvgIpc) is 2.74. The van der Waals surface area contributed by atoms with E-state index in [0.717, 1.165) is 5.69 Å². The monoisotopic (exact) mass is 217 g/mol. The summed E-state index contributed by atoms with van der Waals surface area (Å²) in [4.78, 5) is 11.6. The summed E-state index contributed by atoms with van der Waals surface area (Å²) in [5.74, 6) is -0.147. The molecule has 1 aromatic carbocycles. The van der Waals surface area contributed by atoms with Gasteiger partial charge in [0.25, 0.3) is 0 Å². The Morgan fingerprint density at radius 2 is 2.19 bits per heavy atom. The first-order valence-electron chi connectivity index (χ1n) is 4.82. The summed E-state index contributed by atoms with van der Waals surface area (Å²) in [7, 11) is 0. The van der Waals surface area contributed by atoms with Crippen molar-refractivity contribution in [3.05, 3.63) is 42.2 Å². The van der Waals surface area contributed by atoms with Gasteiger partial charge < -0.3 is 10.4 Å². The standard InChI is InChI=1S/C11H11N3O2/c15-10-4-2-1-3-9(10)13-11(16)7-8-5-6-12-14-8/h1-6,15H,7H2,(H,12,14)(H,13,16). The fourth-order valence-corrected chi connectivity index (χ4v) is 1.33. The van der Waals surface area contributed by atoms with Gasteiger partial charge in [-0.25, -0.2) is 0 Å². The second-order valence-corrected chi connectivity index (χ2v) is 3.32. The lowest BCUT2D eigenvalue weighted by Crippen LogP contribution is -2.14. The molecule has 2 aromatic rings. The minimum Gasteiger partial charge on any atom is -0.506 e. The average molecular weight is 217 g/mol. The number of phenols is 1. The van der Waals surface area contributed by atoms with Crippen LogP contribution in [-0.4, -0.2) is 21.2 Å². The number of aromatic hydroxyl groups is 1. The highest BCUT2D eigenvalue weighted by molar-refractivity contribution is 5.93. The molecule has 0 aliphatic heterocycles. The van der Waals surface area contributed by atoms with Crippen LogP contribution in [-0.2, 0) is 11.2 Å². The van der Waals surface area contributed by atoms with E-state index in [1.54, 1.807) is 30.5 Å². The lowest BCUT2D eigenvalue weighted by molar-refractivity contribution is -0.115. The molecule has 5 nitrogen and oxygen atoms in total. The molecule has 1 heterocycles. The van der Waals surface area contributed by atoms with E-state index in [-0.39, 0.29) is 18.1 Å². The predicted octanol–water partition coefficient (Wildman–Crippen LogP) is 1.30. The zero-order valence-electron chi connectivity index (χ0n) is 8.47. The smallest absolute Gasteiger partial charge is 0.230 e. The quantitative estimate of drug-likeness (QED) is 0.678. The van der Waals surface area contributed by atoms with Gasteiger partial charge >= 0.3 is 0 Å². The normalized spacial score (nSPS) is 10.0. The molecule has 0 radical (unpaired) electrons. The highest BCUT2D eigenvalue weighted by Crippen LogP contribution is 2.21. The molecule has 5 heteroatoms. The van der Waals surface area contributed by atoms with Crippen LogP contribution in [0.1, 0.15) is 5.69 Å². The summed E-state index contributed by atoms with van der Waals surface area (Å²) in [6.45, 7) is 0. The topological polar surface area (TPSA) is 78.0 Å². The Labute approximate surface area is 92.1 Å². The number of benzene rings is 1. The lowest BCUT2D eigenvalue weighted by Gasteiger charge is -2.05. The van der Waals surface area contributed by atoms with Gasteiger partial charge in [0.1, 0.15) is 5.75 Å². The van der Waals surface area contributed by atoms with Gasteiger partial charge in [-0.1, -0.05) is 12.1 Å². The van der Waals surface area contributed by atoms with Crippen molar-refractivity contribution in [3.63, 3.8) is 0 Å². The van der Waals surface area contributed by atoms with Crippen LogP contribution in [0.2, 0.25) is 0 Å². The maximum atomic E-state index is 11.6. The Balaban J connectivity index is 2.00. The number of hydrogen-bond acceptors (Lipinski definition) is 3. The summed E-state index contributed by atoms with van der Waals surface area (Å²) < 4.78 is 0. The third-order valence-electron chi connectivity index (χ3n) is 2.09. The van der Waals surface area contributed by atoms with E-state index in [1.807, 2.05) is 0 Å². The van der Waals surface area contributed by atoms with E-state index in [0.29, 0.717) is 5.69 Å². The molecule has 0 aliphatic carbocycles. The van der Waals surface area contributed by atoms with Crippen molar-refractivity contribution in [1.29, 1.82) is 0 Å². The SMILES string of the molecule is O=C(Cc1ccn[nH]1)Nc1ccccc1O. The van der Waals surface area contributed by atoms with Crippen molar-refractivity contribution in [2.24, 2.45) is 0 Å². The van der Waals surface area contributed by atoms with Crippen molar-refractivity contribution in [3.8, 4) is 5.75 Å². The van der Waals surface area contributed by atoms with Crippen molar-refractivity contribution in [2.75, 3.05) is 5.32 Å². The first-order valence-corrected chi connectivity index (χ1v) is 4.82. The van der Waals surface area contributed by atoms with Gasteiger partial charge in [-0.15, -0.1) is 0 Å². The number of rotatable bonds is 3. The molecular formula is C11H11N3O2. The molecule has 0 unspecified atom stereocenters. The van der Waals surface area contributed by atoms with Crippen LogP contribution in [0, 0.1) is 0 Å². The third-order valence-corrected chi connectivity index (χ3v) is 2.09. The van der Waals surface area contributed by atoms with Crippen LogP contribution < -0.4 is 5.32 Å². The van der Waals surface area contributed by atoms with E-state index in [4.69, 9.17) is 0 Å². The number of anilines is 1. The summed E-state index contributed by atoms with van der Waals surface area (Å²) in [6, 6.07) is 8.32. The van der Waals surface area contributed by atoms with Crippen molar-refractivity contribution < 1.29 is 9.90 Å². The number of amides is 1. The molecule has 1 amide bonds. The lowest BCUT2D eigenvalue weighted by atomic mass is 10.2. The van der Waals surface area contributed by atoms with E-state index in [9.17, 15) is 9.90 Å². The van der Waals surface area contributed by atoms with Crippen LogP contribution in [0.15, 0.2) is 36.5 Å². The van der Waals surface area contributed by atoms with Gasteiger partial charge in [0.15, 0.2) is 0 Å². The molecule has 0 bridgehead atoms. The number of para-hydroxylation sites is 2. The number of H-pyrrole nitrogens is 1. The van der Waals surface area contributed by atoms with Gasteiger partial charge in [-0.05, 0) is 18.2 Å². The first-order chi connectivity index (χ1) is 7.75. The van der Waals surface area contributed by atoms with E-state index >= 15 is 0 Å². The van der Waals surface area contributed by atoms with Gasteiger partial charge in [-0.2, -0.15) is 5.10 Å². The molecule has 16 heavy (non-hydrogen) atoms. The van der Waals surface area contributed by atoms with Gasteiger partial charge in [0.05, 0.1) is 12.1 Å². The van der Waals surface area contributed by atoms with Gasteiger partial charge in [0.2, 0.25) is 5.91 Å². The number of carbonyl (C=O) groups is 1. The minimum atomic E-state index is -0.203. The predicted molar refractivity (Wildman–Crippen MR) is 59.0 cm³/mol. The zero-order valence-corrected chi connectivity index (χ0v) is 8.47. The highest BCUT2D eigenvalue weighted by atomic mass is 16.3. The summed E-state index contributed by atoms with van der Waals surface area (Å²) in [5, 5.41) is 18.5. The van der Waals surface area contributed by atoms with Gasteiger partial charge in [-0.3, -0.25) is 9.89 Å². The molecule has 0 spiro atoms. The minimum absolute atomic E-state index is 0.0560. The maximum Gasteiger partial charge on any atom is 0.230 e. The number of nitrogens with zero attached hydrogens (tertiary/aromatic N) is 1. The molecule has 0 fully saturated rings. The van der Waals surface area contributed by atoms with Crippen molar-refractivity contribution in [1.82, 2.24) is 10.2 Å². The van der Waals surface area contributed by atoms with Crippen molar-refractivity contribution in [2.45, 2.75) is 6.42 Å². The number of aromatic amines is 1. The van der Waals surface area contributed by atoms with Crippen LogP contribution in [0.5, 0.6) is 5.75 Å². The zero-order chi connectivity index (χ0) is 11.4. The molecule has 0 atom stereocenters.